The smallest absolute Gasteiger partial charge is 0.159 e. The fraction of sp³-hybridized carbons (Fsp3) is 0.0909. The average Bonchev–Trinajstić information content (AvgIpc) is 2.30. The molecule has 0 saturated carbocycles. The van der Waals surface area contributed by atoms with E-state index in [1.165, 1.54) is 0 Å². The van der Waals surface area contributed by atoms with Crippen molar-refractivity contribution in [3.63, 3.8) is 0 Å². The molecule has 0 amide bonds. The Bertz CT molecular complexity index is 528. The maximum atomic E-state index is 10.5. The molecular weight excluding hydrogens is 224 g/mol. The Morgan fingerprint density at radius 2 is 1.62 bits per heavy atom. The third kappa shape index (κ3) is 2.64. The van der Waals surface area contributed by atoms with Crippen molar-refractivity contribution in [1.29, 1.82) is 0 Å². The number of benzene rings is 1. The normalized spacial score (nSPS) is 10.6. The van der Waals surface area contributed by atoms with Crippen molar-refractivity contribution < 1.29 is 8.42 Å². The van der Waals surface area contributed by atoms with Gasteiger partial charge in [-0.25, -0.2) is 18.4 Å². The summed E-state index contributed by atoms with van der Waals surface area (Å²) in [7, 11) is -2.37. The van der Waals surface area contributed by atoms with Gasteiger partial charge in [-0.1, -0.05) is 24.3 Å². The van der Waals surface area contributed by atoms with Crippen LogP contribution in [0.1, 0.15) is 5.56 Å². The topological polar surface area (TPSA) is 59.9 Å². The molecule has 2 aromatic rings. The van der Waals surface area contributed by atoms with Crippen molar-refractivity contribution in [2.45, 2.75) is 5.75 Å². The predicted molar refractivity (Wildman–Crippen MR) is 61.5 cm³/mol. The summed E-state index contributed by atoms with van der Waals surface area (Å²) in [6.07, 6.45) is 3.34. The maximum absolute atomic E-state index is 10.5. The number of hydrogen-bond donors (Lipinski definition) is 1. The van der Waals surface area contributed by atoms with Gasteiger partial charge in [0.05, 0.1) is 5.75 Å². The van der Waals surface area contributed by atoms with E-state index in [-0.39, 0.29) is 5.75 Å². The molecule has 0 aliphatic heterocycles. The lowest BCUT2D eigenvalue weighted by Crippen LogP contribution is -1.89. The molecule has 82 valence electrons. The fourth-order valence-electron chi connectivity index (χ4n) is 1.36. The van der Waals surface area contributed by atoms with E-state index < -0.39 is 10.7 Å². The van der Waals surface area contributed by atoms with Gasteiger partial charge >= 0.3 is 0 Å². The van der Waals surface area contributed by atoms with E-state index in [0.29, 0.717) is 5.82 Å². The minimum absolute atomic E-state index is 0.0747. The zero-order chi connectivity index (χ0) is 11.4. The Kier molecular flexibility index (Phi) is 3.26. The number of thiol groups is 1. The van der Waals surface area contributed by atoms with Gasteiger partial charge in [0, 0.05) is 18.0 Å². The van der Waals surface area contributed by atoms with E-state index in [1.54, 1.807) is 30.6 Å². The van der Waals surface area contributed by atoms with Crippen LogP contribution in [0.4, 0.5) is 0 Å². The molecule has 1 heterocycles. The van der Waals surface area contributed by atoms with Gasteiger partial charge in [0.25, 0.3) is 0 Å². The molecule has 0 unspecified atom stereocenters. The van der Waals surface area contributed by atoms with E-state index in [0.717, 1.165) is 11.1 Å². The average molecular weight is 234 g/mol. The van der Waals surface area contributed by atoms with Crippen LogP contribution in [0, 0.1) is 0 Å². The molecule has 0 N–H and O–H groups in total. The van der Waals surface area contributed by atoms with Crippen LogP contribution < -0.4 is 0 Å². The SMILES string of the molecule is O=[SH](=O)Cc1ccc(-c2ncccn2)cc1. The molecule has 0 atom stereocenters. The van der Waals surface area contributed by atoms with Crippen molar-refractivity contribution in [2.75, 3.05) is 0 Å². The third-order valence-corrected chi connectivity index (χ3v) is 2.71. The Morgan fingerprint density at radius 3 is 2.19 bits per heavy atom. The highest BCUT2D eigenvalue weighted by Gasteiger charge is 2.00. The van der Waals surface area contributed by atoms with Crippen molar-refractivity contribution in [3.05, 3.63) is 48.3 Å². The van der Waals surface area contributed by atoms with Crippen molar-refractivity contribution in [3.8, 4) is 11.4 Å². The van der Waals surface area contributed by atoms with Gasteiger partial charge in [0.15, 0.2) is 5.82 Å². The van der Waals surface area contributed by atoms with Crippen molar-refractivity contribution >= 4 is 10.7 Å². The summed E-state index contributed by atoms with van der Waals surface area (Å²) in [6.45, 7) is 0. The summed E-state index contributed by atoms with van der Waals surface area (Å²) in [6, 6.07) is 8.95. The van der Waals surface area contributed by atoms with Gasteiger partial charge in [-0.15, -0.1) is 0 Å². The first-order valence-electron chi connectivity index (χ1n) is 4.74. The first-order valence-corrected chi connectivity index (χ1v) is 6.10. The van der Waals surface area contributed by atoms with Gasteiger partial charge in [-0.05, 0) is 11.6 Å². The zero-order valence-electron chi connectivity index (χ0n) is 8.41. The van der Waals surface area contributed by atoms with E-state index in [9.17, 15) is 8.42 Å². The summed E-state index contributed by atoms with van der Waals surface area (Å²) >= 11 is 0. The molecule has 16 heavy (non-hydrogen) atoms. The second-order valence-corrected chi connectivity index (χ2v) is 4.24. The standard InChI is InChI=1S/C11H10N2O2S/c14-16(15)8-9-2-4-10(5-3-9)11-12-6-1-7-13-11/h1-7,16H,8H2. The van der Waals surface area contributed by atoms with Crippen LogP contribution in [0.15, 0.2) is 42.7 Å². The largest absolute Gasteiger partial charge is 0.237 e. The quantitative estimate of drug-likeness (QED) is 0.812. The van der Waals surface area contributed by atoms with E-state index in [1.807, 2.05) is 12.1 Å². The van der Waals surface area contributed by atoms with Crippen LogP contribution in [0.3, 0.4) is 0 Å². The minimum Gasteiger partial charge on any atom is -0.237 e. The molecule has 1 aromatic heterocycles. The van der Waals surface area contributed by atoms with Crippen molar-refractivity contribution in [2.24, 2.45) is 0 Å². The lowest BCUT2D eigenvalue weighted by Gasteiger charge is -2.00. The highest BCUT2D eigenvalue weighted by atomic mass is 32.2. The summed E-state index contributed by atoms with van der Waals surface area (Å²) in [5, 5.41) is 0. The van der Waals surface area contributed by atoms with Gasteiger partial charge < -0.3 is 0 Å². The Balaban J connectivity index is 2.26. The highest BCUT2D eigenvalue weighted by Crippen LogP contribution is 2.14. The zero-order valence-corrected chi connectivity index (χ0v) is 9.30. The molecule has 5 heteroatoms. The predicted octanol–water partition coefficient (Wildman–Crippen LogP) is 1.26. The highest BCUT2D eigenvalue weighted by molar-refractivity contribution is 7.71. The lowest BCUT2D eigenvalue weighted by atomic mass is 10.1. The minimum atomic E-state index is -2.37. The molecule has 0 bridgehead atoms. The van der Waals surface area contributed by atoms with Crippen LogP contribution in [0.5, 0.6) is 0 Å². The monoisotopic (exact) mass is 234 g/mol. The van der Waals surface area contributed by atoms with Gasteiger partial charge in [0.1, 0.15) is 10.7 Å². The lowest BCUT2D eigenvalue weighted by molar-refractivity contribution is 0.614. The van der Waals surface area contributed by atoms with Crippen LogP contribution >= 0.6 is 0 Å². The summed E-state index contributed by atoms with van der Waals surface area (Å²) in [5.41, 5.74) is 1.65. The Labute approximate surface area is 95.0 Å². The third-order valence-electron chi connectivity index (χ3n) is 2.09. The van der Waals surface area contributed by atoms with Gasteiger partial charge in [-0.3, -0.25) is 0 Å². The van der Waals surface area contributed by atoms with E-state index in [2.05, 4.69) is 9.97 Å². The van der Waals surface area contributed by atoms with E-state index >= 15 is 0 Å². The number of rotatable bonds is 3. The second-order valence-electron chi connectivity index (χ2n) is 3.26. The van der Waals surface area contributed by atoms with Crippen molar-refractivity contribution in [1.82, 2.24) is 9.97 Å². The first kappa shape index (κ1) is 10.8. The summed E-state index contributed by atoms with van der Waals surface area (Å²) < 4.78 is 21.1. The molecule has 0 radical (unpaired) electrons. The summed E-state index contributed by atoms with van der Waals surface area (Å²) in [4.78, 5) is 8.22. The number of nitrogens with zero attached hydrogens (tertiary/aromatic N) is 2. The molecule has 0 aliphatic rings. The molecule has 0 aliphatic carbocycles. The summed E-state index contributed by atoms with van der Waals surface area (Å²) in [5.74, 6) is 0.714. The molecule has 2 rings (SSSR count). The number of aromatic nitrogens is 2. The van der Waals surface area contributed by atoms with Crippen LogP contribution in [0.25, 0.3) is 11.4 Å². The molecule has 0 saturated heterocycles. The first-order chi connectivity index (χ1) is 7.75. The van der Waals surface area contributed by atoms with Crippen LogP contribution in [-0.4, -0.2) is 18.4 Å². The molecule has 0 fully saturated rings. The van der Waals surface area contributed by atoms with Crippen LogP contribution in [0.2, 0.25) is 0 Å². The van der Waals surface area contributed by atoms with E-state index in [4.69, 9.17) is 0 Å². The number of hydrogen-bond acceptors (Lipinski definition) is 4. The molecular formula is C11H10N2O2S. The maximum Gasteiger partial charge on any atom is 0.159 e. The molecule has 1 aromatic carbocycles. The molecule has 0 spiro atoms. The van der Waals surface area contributed by atoms with Crippen LogP contribution in [-0.2, 0) is 16.5 Å². The molecule has 4 nitrogen and oxygen atoms in total. The second kappa shape index (κ2) is 4.85. The van der Waals surface area contributed by atoms with Gasteiger partial charge in [-0.2, -0.15) is 0 Å². The Hall–Kier alpha value is -1.75. The Morgan fingerprint density at radius 1 is 1.00 bits per heavy atom. The fourth-order valence-corrected chi connectivity index (χ4v) is 1.87. The van der Waals surface area contributed by atoms with Gasteiger partial charge in [0.2, 0.25) is 0 Å².